The van der Waals surface area contributed by atoms with Gasteiger partial charge in [0, 0.05) is 29.5 Å². The Hall–Kier alpha value is -1.81. The molecule has 0 atom stereocenters. The number of hydrogen-bond donors (Lipinski definition) is 2. The summed E-state index contributed by atoms with van der Waals surface area (Å²) < 4.78 is 0. The minimum absolute atomic E-state index is 0. The lowest BCUT2D eigenvalue weighted by molar-refractivity contribution is 1.07. The van der Waals surface area contributed by atoms with E-state index in [9.17, 15) is 0 Å². The van der Waals surface area contributed by atoms with Crippen LogP contribution in [0.15, 0.2) is 48.8 Å². The average Bonchev–Trinajstić information content (AvgIpc) is 3.03. The Morgan fingerprint density at radius 1 is 1.09 bits per heavy atom. The average molecular weight is 334 g/mol. The molecule has 1 aromatic heterocycles. The van der Waals surface area contributed by atoms with Crippen molar-refractivity contribution in [1.29, 1.82) is 0 Å². The van der Waals surface area contributed by atoms with Crippen LogP contribution in [0.2, 0.25) is 5.02 Å². The third kappa shape index (κ3) is 2.88. The molecule has 1 heterocycles. The highest BCUT2D eigenvalue weighted by Crippen LogP contribution is 2.34. The Labute approximate surface area is 141 Å². The number of nitrogens with two attached hydrogens (primary N) is 1. The van der Waals surface area contributed by atoms with E-state index in [-0.39, 0.29) is 12.4 Å². The quantitative estimate of drug-likeness (QED) is 0.736. The van der Waals surface area contributed by atoms with Crippen molar-refractivity contribution < 1.29 is 0 Å². The van der Waals surface area contributed by atoms with Gasteiger partial charge in [-0.1, -0.05) is 41.9 Å². The van der Waals surface area contributed by atoms with Crippen molar-refractivity contribution in [3.05, 3.63) is 64.9 Å². The van der Waals surface area contributed by atoms with Crippen LogP contribution in [-0.4, -0.2) is 9.97 Å². The van der Waals surface area contributed by atoms with E-state index in [0.717, 1.165) is 38.7 Å². The Morgan fingerprint density at radius 2 is 1.77 bits per heavy atom. The van der Waals surface area contributed by atoms with Crippen molar-refractivity contribution in [1.82, 2.24) is 9.97 Å². The summed E-state index contributed by atoms with van der Waals surface area (Å²) in [6, 6.07) is 12.1. The summed E-state index contributed by atoms with van der Waals surface area (Å²) in [4.78, 5) is 7.47. The maximum absolute atomic E-state index is 6.25. The van der Waals surface area contributed by atoms with Crippen LogP contribution < -0.4 is 5.73 Å². The molecule has 0 unspecified atom stereocenters. The largest absolute Gasteiger partial charge is 0.345 e. The van der Waals surface area contributed by atoms with Gasteiger partial charge in [-0.3, -0.25) is 0 Å². The van der Waals surface area contributed by atoms with Crippen molar-refractivity contribution in [2.45, 2.75) is 13.5 Å². The lowest BCUT2D eigenvalue weighted by Gasteiger charge is -2.15. The molecule has 114 valence electrons. The van der Waals surface area contributed by atoms with E-state index in [1.807, 2.05) is 37.4 Å². The molecule has 0 aliphatic carbocycles. The molecule has 3 aromatic rings. The van der Waals surface area contributed by atoms with Crippen LogP contribution in [0.3, 0.4) is 0 Å². The summed E-state index contributed by atoms with van der Waals surface area (Å²) in [7, 11) is 0. The van der Waals surface area contributed by atoms with Crippen molar-refractivity contribution in [3.8, 4) is 22.5 Å². The molecule has 0 saturated carbocycles. The van der Waals surface area contributed by atoms with Gasteiger partial charge in [-0.15, -0.1) is 12.4 Å². The van der Waals surface area contributed by atoms with Crippen molar-refractivity contribution in [2.75, 3.05) is 0 Å². The molecule has 3 N–H and O–H groups in total. The zero-order valence-corrected chi connectivity index (χ0v) is 13.7. The third-order valence-electron chi connectivity index (χ3n) is 3.69. The predicted octanol–water partition coefficient (Wildman–Crippen LogP) is 4.59. The Morgan fingerprint density at radius 3 is 2.45 bits per heavy atom. The summed E-state index contributed by atoms with van der Waals surface area (Å²) in [6.07, 6.45) is 3.56. The van der Waals surface area contributed by atoms with Gasteiger partial charge in [0.25, 0.3) is 0 Å². The van der Waals surface area contributed by atoms with Crippen LogP contribution >= 0.6 is 24.0 Å². The standard InChI is InChI=1S/C17H16ClN3.ClH/c1-11-12(4-3-7-16(11)18)13-5-2-6-14(15(13)10-19)17-20-8-9-21-17;/h2-9H,10,19H2,1H3,(H,20,21);1H. The second kappa shape index (κ2) is 6.97. The number of benzene rings is 2. The molecule has 2 aromatic carbocycles. The number of halogens is 2. The molecule has 5 heteroatoms. The number of H-pyrrole nitrogens is 1. The van der Waals surface area contributed by atoms with Gasteiger partial charge in [-0.05, 0) is 35.2 Å². The maximum Gasteiger partial charge on any atom is 0.137 e. The highest BCUT2D eigenvalue weighted by molar-refractivity contribution is 6.31. The smallest absolute Gasteiger partial charge is 0.137 e. The van der Waals surface area contributed by atoms with E-state index in [2.05, 4.69) is 22.1 Å². The number of nitrogens with one attached hydrogen (secondary N) is 1. The van der Waals surface area contributed by atoms with E-state index in [1.165, 1.54) is 0 Å². The molecule has 0 radical (unpaired) electrons. The van der Waals surface area contributed by atoms with E-state index < -0.39 is 0 Å². The van der Waals surface area contributed by atoms with Gasteiger partial charge in [-0.25, -0.2) is 4.98 Å². The Balaban J connectivity index is 0.00000176. The fraction of sp³-hybridized carbons (Fsp3) is 0.118. The second-order valence-corrected chi connectivity index (χ2v) is 5.29. The first-order valence-corrected chi connectivity index (χ1v) is 7.17. The molecule has 22 heavy (non-hydrogen) atoms. The van der Waals surface area contributed by atoms with E-state index in [0.29, 0.717) is 6.54 Å². The van der Waals surface area contributed by atoms with Crippen LogP contribution in [-0.2, 0) is 6.54 Å². The molecule has 3 rings (SSSR count). The van der Waals surface area contributed by atoms with Gasteiger partial charge in [0.1, 0.15) is 5.82 Å². The first-order chi connectivity index (χ1) is 10.2. The number of imidazole rings is 1. The predicted molar refractivity (Wildman–Crippen MR) is 94.3 cm³/mol. The van der Waals surface area contributed by atoms with Crippen LogP contribution in [0, 0.1) is 6.92 Å². The molecule has 0 saturated heterocycles. The minimum atomic E-state index is 0. The fourth-order valence-electron chi connectivity index (χ4n) is 2.59. The lowest BCUT2D eigenvalue weighted by atomic mass is 9.92. The van der Waals surface area contributed by atoms with Gasteiger partial charge in [-0.2, -0.15) is 0 Å². The molecule has 0 fully saturated rings. The zero-order valence-electron chi connectivity index (χ0n) is 12.1. The fourth-order valence-corrected chi connectivity index (χ4v) is 2.77. The molecule has 3 nitrogen and oxygen atoms in total. The number of aromatic amines is 1. The number of hydrogen-bond acceptors (Lipinski definition) is 2. The Bertz CT molecular complexity index is 768. The summed E-state index contributed by atoms with van der Waals surface area (Å²) >= 11 is 6.25. The van der Waals surface area contributed by atoms with E-state index in [4.69, 9.17) is 17.3 Å². The zero-order chi connectivity index (χ0) is 14.8. The molecule has 0 spiro atoms. The van der Waals surface area contributed by atoms with Crippen LogP contribution in [0.25, 0.3) is 22.5 Å². The number of aromatic nitrogens is 2. The molecule has 0 amide bonds. The molecule has 0 aliphatic heterocycles. The van der Waals surface area contributed by atoms with E-state index >= 15 is 0 Å². The highest BCUT2D eigenvalue weighted by atomic mass is 35.5. The summed E-state index contributed by atoms with van der Waals surface area (Å²) in [6.45, 7) is 2.47. The molecular weight excluding hydrogens is 317 g/mol. The SMILES string of the molecule is Cc1c(Cl)cccc1-c1cccc(-c2ncc[nH]2)c1CN.Cl. The second-order valence-electron chi connectivity index (χ2n) is 4.89. The van der Waals surface area contributed by atoms with Gasteiger partial charge >= 0.3 is 0 Å². The summed E-state index contributed by atoms with van der Waals surface area (Å²) in [5.74, 6) is 0.831. The highest BCUT2D eigenvalue weighted by Gasteiger charge is 2.14. The first-order valence-electron chi connectivity index (χ1n) is 6.79. The van der Waals surface area contributed by atoms with Gasteiger partial charge < -0.3 is 10.7 Å². The molecule has 0 aliphatic rings. The van der Waals surface area contributed by atoms with Crippen molar-refractivity contribution in [2.24, 2.45) is 5.73 Å². The topological polar surface area (TPSA) is 54.7 Å². The summed E-state index contributed by atoms with van der Waals surface area (Å²) in [5, 5.41) is 0.763. The van der Waals surface area contributed by atoms with Crippen molar-refractivity contribution in [3.63, 3.8) is 0 Å². The van der Waals surface area contributed by atoms with Crippen LogP contribution in [0.5, 0.6) is 0 Å². The van der Waals surface area contributed by atoms with Gasteiger partial charge in [0.15, 0.2) is 0 Å². The minimum Gasteiger partial charge on any atom is -0.345 e. The number of nitrogens with zero attached hydrogens (tertiary/aromatic N) is 1. The van der Waals surface area contributed by atoms with Gasteiger partial charge in [0.2, 0.25) is 0 Å². The van der Waals surface area contributed by atoms with Crippen molar-refractivity contribution >= 4 is 24.0 Å². The van der Waals surface area contributed by atoms with E-state index in [1.54, 1.807) is 6.20 Å². The lowest BCUT2D eigenvalue weighted by Crippen LogP contribution is -2.03. The third-order valence-corrected chi connectivity index (χ3v) is 4.10. The first kappa shape index (κ1) is 16.6. The molecule has 0 bridgehead atoms. The summed E-state index contributed by atoms with van der Waals surface area (Å²) in [5.41, 5.74) is 11.4. The van der Waals surface area contributed by atoms with Crippen LogP contribution in [0.1, 0.15) is 11.1 Å². The van der Waals surface area contributed by atoms with Crippen LogP contribution in [0.4, 0.5) is 0 Å². The normalized spacial score (nSPS) is 10.3. The number of rotatable bonds is 3. The Kier molecular flexibility index (Phi) is 5.24. The maximum atomic E-state index is 6.25. The molecular formula is C17H17Cl2N3. The monoisotopic (exact) mass is 333 g/mol. The van der Waals surface area contributed by atoms with Gasteiger partial charge in [0.05, 0.1) is 0 Å².